The molecule has 1 aromatic heterocycles. The number of rotatable bonds is 4. The van der Waals surface area contributed by atoms with E-state index in [2.05, 4.69) is 4.98 Å². The molecule has 16 heavy (non-hydrogen) atoms. The minimum absolute atomic E-state index is 0.276. The Kier molecular flexibility index (Phi) is 4.60. The van der Waals surface area contributed by atoms with E-state index in [1.165, 1.54) is 18.0 Å². The summed E-state index contributed by atoms with van der Waals surface area (Å²) in [5, 5.41) is 0. The summed E-state index contributed by atoms with van der Waals surface area (Å²) in [5.74, 6) is -0.601. The molecule has 1 heterocycles. The first-order valence-corrected chi connectivity index (χ1v) is 5.09. The highest BCUT2D eigenvalue weighted by Crippen LogP contribution is 2.04. The van der Waals surface area contributed by atoms with Gasteiger partial charge in [-0.2, -0.15) is 0 Å². The third-order valence-electron chi connectivity index (χ3n) is 2.12. The molecule has 2 N–H and O–H groups in total. The van der Waals surface area contributed by atoms with Gasteiger partial charge in [0.1, 0.15) is 0 Å². The van der Waals surface area contributed by atoms with Crippen LogP contribution in [0.1, 0.15) is 23.7 Å². The first kappa shape index (κ1) is 12.3. The molecule has 0 bridgehead atoms. The fourth-order valence-electron chi connectivity index (χ4n) is 1.30. The Hall–Kier alpha value is -1.75. The van der Waals surface area contributed by atoms with Gasteiger partial charge in [-0.3, -0.25) is 19.5 Å². The molecular weight excluding hydrogens is 206 g/mol. The van der Waals surface area contributed by atoms with Crippen LogP contribution in [0.5, 0.6) is 0 Å². The van der Waals surface area contributed by atoms with Gasteiger partial charge >= 0.3 is 0 Å². The van der Waals surface area contributed by atoms with E-state index in [1.807, 2.05) is 0 Å². The number of hydrogen-bond donors (Lipinski definition) is 1. The Balaban J connectivity index is 2.79. The maximum absolute atomic E-state index is 11.9. The molecular formula is C11H15N3O2. The quantitative estimate of drug-likeness (QED) is 0.799. The molecule has 2 amide bonds. The molecule has 0 unspecified atom stereocenters. The van der Waals surface area contributed by atoms with Gasteiger partial charge in [0, 0.05) is 25.9 Å². The molecule has 0 atom stereocenters. The molecule has 1 rings (SSSR count). The summed E-state index contributed by atoms with van der Waals surface area (Å²) in [4.78, 5) is 28.3. The average molecular weight is 221 g/mol. The summed E-state index contributed by atoms with van der Waals surface area (Å²) in [5.41, 5.74) is 5.77. The smallest absolute Gasteiger partial charge is 0.262 e. The largest absolute Gasteiger partial charge is 0.330 e. The zero-order chi connectivity index (χ0) is 12.0. The van der Waals surface area contributed by atoms with E-state index >= 15 is 0 Å². The maximum Gasteiger partial charge on any atom is 0.262 e. The van der Waals surface area contributed by atoms with Crippen molar-refractivity contribution in [3.8, 4) is 0 Å². The number of hydrogen-bond acceptors (Lipinski definition) is 4. The second kappa shape index (κ2) is 5.97. The van der Waals surface area contributed by atoms with E-state index in [1.54, 1.807) is 18.3 Å². The van der Waals surface area contributed by atoms with Gasteiger partial charge < -0.3 is 5.73 Å². The van der Waals surface area contributed by atoms with Crippen molar-refractivity contribution in [2.24, 2.45) is 5.73 Å². The van der Waals surface area contributed by atoms with Crippen LogP contribution < -0.4 is 5.73 Å². The molecule has 0 aliphatic rings. The summed E-state index contributed by atoms with van der Waals surface area (Å²) in [6.45, 7) is 2.16. The van der Waals surface area contributed by atoms with E-state index in [9.17, 15) is 9.59 Å². The van der Waals surface area contributed by atoms with E-state index in [0.717, 1.165) is 0 Å². The van der Waals surface area contributed by atoms with Crippen molar-refractivity contribution >= 4 is 11.8 Å². The number of carbonyl (C=O) groups is 2. The number of nitrogens with zero attached hydrogens (tertiary/aromatic N) is 2. The van der Waals surface area contributed by atoms with Crippen molar-refractivity contribution in [2.45, 2.75) is 13.3 Å². The number of pyridine rings is 1. The molecule has 0 saturated heterocycles. The van der Waals surface area contributed by atoms with Crippen LogP contribution in [0.25, 0.3) is 0 Å². The van der Waals surface area contributed by atoms with Crippen LogP contribution in [0.2, 0.25) is 0 Å². The number of amides is 2. The minimum atomic E-state index is -0.325. The number of aromatic nitrogens is 1. The maximum atomic E-state index is 11.9. The van der Waals surface area contributed by atoms with Crippen LogP contribution >= 0.6 is 0 Å². The Bertz CT molecular complexity index is 365. The normalized spacial score (nSPS) is 9.88. The molecule has 0 spiro atoms. The lowest BCUT2D eigenvalue weighted by molar-refractivity contribution is -0.126. The minimum Gasteiger partial charge on any atom is -0.330 e. The Morgan fingerprint density at radius 2 is 2.25 bits per heavy atom. The third kappa shape index (κ3) is 3.13. The van der Waals surface area contributed by atoms with Gasteiger partial charge in [0.25, 0.3) is 5.91 Å². The third-order valence-corrected chi connectivity index (χ3v) is 2.12. The van der Waals surface area contributed by atoms with Crippen molar-refractivity contribution in [2.75, 3.05) is 13.1 Å². The van der Waals surface area contributed by atoms with Gasteiger partial charge in [0.05, 0.1) is 5.56 Å². The van der Waals surface area contributed by atoms with Crippen LogP contribution in [0.3, 0.4) is 0 Å². The van der Waals surface area contributed by atoms with Crippen molar-refractivity contribution in [3.05, 3.63) is 30.1 Å². The lowest BCUT2D eigenvalue weighted by Crippen LogP contribution is -2.36. The van der Waals surface area contributed by atoms with Crippen LogP contribution in [0.4, 0.5) is 0 Å². The SMILES string of the molecule is CC(=O)N(CCCN)C(=O)c1cccnc1. The first-order valence-electron chi connectivity index (χ1n) is 5.09. The van der Waals surface area contributed by atoms with Crippen molar-refractivity contribution < 1.29 is 9.59 Å². The number of imide groups is 1. The molecule has 0 radical (unpaired) electrons. The van der Waals surface area contributed by atoms with Gasteiger partial charge in [-0.1, -0.05) is 0 Å². The van der Waals surface area contributed by atoms with Crippen LogP contribution in [-0.2, 0) is 4.79 Å². The summed E-state index contributed by atoms with van der Waals surface area (Å²) < 4.78 is 0. The molecule has 0 aliphatic carbocycles. The first-order chi connectivity index (χ1) is 7.66. The number of nitrogens with two attached hydrogens (primary N) is 1. The standard InChI is InChI=1S/C11H15N3O2/c1-9(15)14(7-3-5-12)11(16)10-4-2-6-13-8-10/h2,4,6,8H,3,5,7,12H2,1H3. The zero-order valence-corrected chi connectivity index (χ0v) is 9.22. The Morgan fingerprint density at radius 3 is 2.75 bits per heavy atom. The Labute approximate surface area is 94.3 Å². The molecule has 0 aliphatic heterocycles. The van der Waals surface area contributed by atoms with Crippen molar-refractivity contribution in [3.63, 3.8) is 0 Å². The molecule has 86 valence electrons. The molecule has 0 aromatic carbocycles. The van der Waals surface area contributed by atoms with Gasteiger partial charge in [-0.15, -0.1) is 0 Å². The average Bonchev–Trinajstić information content (AvgIpc) is 2.30. The fourth-order valence-corrected chi connectivity index (χ4v) is 1.30. The lowest BCUT2D eigenvalue weighted by Gasteiger charge is -2.18. The van der Waals surface area contributed by atoms with Gasteiger partial charge in [-0.05, 0) is 25.1 Å². The molecule has 1 aromatic rings. The van der Waals surface area contributed by atoms with Crippen LogP contribution in [0, 0.1) is 0 Å². The van der Waals surface area contributed by atoms with Crippen molar-refractivity contribution in [1.29, 1.82) is 0 Å². The summed E-state index contributed by atoms with van der Waals surface area (Å²) >= 11 is 0. The lowest BCUT2D eigenvalue weighted by atomic mass is 10.2. The zero-order valence-electron chi connectivity index (χ0n) is 9.22. The molecule has 0 fully saturated rings. The van der Waals surface area contributed by atoms with Gasteiger partial charge in [0.2, 0.25) is 5.91 Å². The van der Waals surface area contributed by atoms with Crippen LogP contribution in [0.15, 0.2) is 24.5 Å². The van der Waals surface area contributed by atoms with Crippen LogP contribution in [-0.4, -0.2) is 34.8 Å². The summed E-state index contributed by atoms with van der Waals surface area (Å²) in [6, 6.07) is 3.29. The monoisotopic (exact) mass is 221 g/mol. The predicted molar refractivity (Wildman–Crippen MR) is 59.6 cm³/mol. The highest BCUT2D eigenvalue weighted by Gasteiger charge is 2.18. The van der Waals surface area contributed by atoms with E-state index in [-0.39, 0.29) is 11.8 Å². The highest BCUT2D eigenvalue weighted by atomic mass is 16.2. The summed E-state index contributed by atoms with van der Waals surface area (Å²) in [7, 11) is 0. The second-order valence-corrected chi connectivity index (χ2v) is 3.36. The molecule has 0 saturated carbocycles. The molecule has 5 heteroatoms. The predicted octanol–water partition coefficient (Wildman–Crippen LogP) is 0.419. The van der Waals surface area contributed by atoms with Gasteiger partial charge in [-0.25, -0.2) is 0 Å². The van der Waals surface area contributed by atoms with Crippen molar-refractivity contribution in [1.82, 2.24) is 9.88 Å². The highest BCUT2D eigenvalue weighted by molar-refractivity contribution is 6.03. The fraction of sp³-hybridized carbons (Fsp3) is 0.364. The Morgan fingerprint density at radius 1 is 1.50 bits per heavy atom. The van der Waals surface area contributed by atoms with E-state index in [0.29, 0.717) is 25.1 Å². The number of carbonyl (C=O) groups excluding carboxylic acids is 2. The molecule has 5 nitrogen and oxygen atoms in total. The van der Waals surface area contributed by atoms with E-state index in [4.69, 9.17) is 5.73 Å². The topological polar surface area (TPSA) is 76.3 Å². The summed E-state index contributed by atoms with van der Waals surface area (Å²) in [6.07, 6.45) is 3.63. The second-order valence-electron chi connectivity index (χ2n) is 3.36. The van der Waals surface area contributed by atoms with Gasteiger partial charge in [0.15, 0.2) is 0 Å². The van der Waals surface area contributed by atoms with E-state index < -0.39 is 0 Å².